The number of nitrogens with zero attached hydrogens (tertiary/aromatic N) is 1. The quantitative estimate of drug-likeness (QED) is 0.751. The highest BCUT2D eigenvalue weighted by molar-refractivity contribution is 6.32. The predicted molar refractivity (Wildman–Crippen MR) is 101 cm³/mol. The first-order valence-electron chi connectivity index (χ1n) is 9.12. The molecule has 2 saturated heterocycles. The van der Waals surface area contributed by atoms with E-state index < -0.39 is 12.1 Å². The molecule has 1 unspecified atom stereocenters. The van der Waals surface area contributed by atoms with Crippen LogP contribution >= 0.6 is 11.6 Å². The van der Waals surface area contributed by atoms with Gasteiger partial charge in [-0.3, -0.25) is 14.9 Å². The fourth-order valence-corrected chi connectivity index (χ4v) is 4.09. The molecule has 0 saturated carbocycles. The number of imide groups is 1. The molecule has 0 aliphatic carbocycles. The van der Waals surface area contributed by atoms with Gasteiger partial charge in [0.1, 0.15) is 11.8 Å². The Bertz CT molecular complexity index is 760. The average Bonchev–Trinajstić information content (AvgIpc) is 2.97. The zero-order valence-corrected chi connectivity index (χ0v) is 16.3. The molecule has 4 amide bonds. The second kappa shape index (κ2) is 8.17. The number of halogens is 1. The second-order valence-electron chi connectivity index (χ2n) is 7.05. The van der Waals surface area contributed by atoms with E-state index in [4.69, 9.17) is 16.3 Å². The molecule has 2 aliphatic rings. The number of amides is 4. The lowest BCUT2D eigenvalue weighted by molar-refractivity contribution is -0.132. The van der Waals surface area contributed by atoms with Gasteiger partial charge in [-0.1, -0.05) is 11.6 Å². The van der Waals surface area contributed by atoms with Crippen molar-refractivity contribution in [2.24, 2.45) is 0 Å². The molecule has 1 aromatic rings. The second-order valence-corrected chi connectivity index (χ2v) is 7.46. The van der Waals surface area contributed by atoms with Gasteiger partial charge in [0.15, 0.2) is 0 Å². The lowest BCUT2D eigenvalue weighted by Gasteiger charge is -2.33. The summed E-state index contributed by atoms with van der Waals surface area (Å²) in [5, 5.41) is 5.30. The number of likely N-dealkylation sites (tertiary alicyclic amines) is 1. The van der Waals surface area contributed by atoms with Gasteiger partial charge in [-0.15, -0.1) is 0 Å². The minimum atomic E-state index is -0.608. The van der Waals surface area contributed by atoms with Gasteiger partial charge < -0.3 is 15.0 Å². The summed E-state index contributed by atoms with van der Waals surface area (Å²) >= 11 is 6.18. The van der Waals surface area contributed by atoms with E-state index in [-0.39, 0.29) is 18.2 Å². The Labute approximate surface area is 163 Å². The molecule has 2 N–H and O–H groups in total. The van der Waals surface area contributed by atoms with Crippen molar-refractivity contribution in [3.05, 3.63) is 28.3 Å². The van der Waals surface area contributed by atoms with Crippen LogP contribution in [0.5, 0.6) is 5.75 Å². The molecule has 0 bridgehead atoms. The highest BCUT2D eigenvalue weighted by Gasteiger charge is 2.31. The van der Waals surface area contributed by atoms with E-state index in [1.165, 1.54) is 5.56 Å². The van der Waals surface area contributed by atoms with Crippen molar-refractivity contribution >= 4 is 29.4 Å². The van der Waals surface area contributed by atoms with E-state index in [1.54, 1.807) is 7.11 Å². The number of carbonyl (C=O) groups is 3. The van der Waals surface area contributed by atoms with Crippen LogP contribution in [0.15, 0.2) is 12.1 Å². The van der Waals surface area contributed by atoms with Gasteiger partial charge in [-0.25, -0.2) is 4.79 Å². The summed E-state index contributed by atoms with van der Waals surface area (Å²) in [5.41, 5.74) is 2.35. The van der Waals surface area contributed by atoms with Gasteiger partial charge in [0, 0.05) is 19.5 Å². The summed E-state index contributed by atoms with van der Waals surface area (Å²) in [4.78, 5) is 36.9. The number of hydrogen-bond acceptors (Lipinski definition) is 4. The summed E-state index contributed by atoms with van der Waals surface area (Å²) in [5.74, 6) is 0.694. The zero-order chi connectivity index (χ0) is 19.6. The maximum Gasteiger partial charge on any atom is 0.322 e. The minimum Gasteiger partial charge on any atom is -0.495 e. The molecule has 7 nitrogen and oxygen atoms in total. The highest BCUT2D eigenvalue weighted by atomic mass is 35.5. The van der Waals surface area contributed by atoms with Crippen molar-refractivity contribution in [3.8, 4) is 5.75 Å². The molecule has 146 valence electrons. The normalized spacial score (nSPS) is 20.4. The Kier molecular flexibility index (Phi) is 5.89. The van der Waals surface area contributed by atoms with Crippen LogP contribution in [0.3, 0.4) is 0 Å². The first-order valence-corrected chi connectivity index (χ1v) is 9.50. The fraction of sp³-hybridized carbons (Fsp3) is 0.526. The van der Waals surface area contributed by atoms with E-state index in [9.17, 15) is 14.4 Å². The number of piperidine rings is 1. The van der Waals surface area contributed by atoms with Crippen LogP contribution in [0.1, 0.15) is 42.7 Å². The van der Waals surface area contributed by atoms with Gasteiger partial charge in [0.05, 0.1) is 12.1 Å². The molecule has 0 spiro atoms. The third kappa shape index (κ3) is 4.35. The van der Waals surface area contributed by atoms with E-state index >= 15 is 0 Å². The lowest BCUT2D eigenvalue weighted by Crippen LogP contribution is -2.39. The average molecular weight is 394 g/mol. The number of benzene rings is 1. The summed E-state index contributed by atoms with van der Waals surface area (Å²) in [6, 6.07) is 2.82. The third-order valence-corrected chi connectivity index (χ3v) is 5.63. The van der Waals surface area contributed by atoms with Gasteiger partial charge in [-0.05, 0) is 55.4 Å². The molecular weight excluding hydrogens is 370 g/mol. The van der Waals surface area contributed by atoms with Crippen molar-refractivity contribution in [3.63, 3.8) is 0 Å². The van der Waals surface area contributed by atoms with Crippen molar-refractivity contribution in [2.45, 2.75) is 44.6 Å². The Morgan fingerprint density at radius 3 is 2.59 bits per heavy atom. The SMILES string of the molecule is COc1cc(C2CCN(C(=O)CCC3NC(=O)NC3=O)CC2)c(C)cc1Cl. The van der Waals surface area contributed by atoms with E-state index in [1.807, 2.05) is 24.0 Å². The minimum absolute atomic E-state index is 0.0211. The van der Waals surface area contributed by atoms with Crippen LogP contribution in [-0.2, 0) is 9.59 Å². The van der Waals surface area contributed by atoms with E-state index in [0.29, 0.717) is 36.2 Å². The lowest BCUT2D eigenvalue weighted by atomic mass is 9.86. The number of ether oxygens (including phenoxy) is 1. The van der Waals surface area contributed by atoms with Crippen molar-refractivity contribution in [2.75, 3.05) is 20.2 Å². The van der Waals surface area contributed by atoms with E-state index in [0.717, 1.165) is 18.4 Å². The molecular formula is C19H24ClN3O4. The maximum atomic E-state index is 12.4. The molecule has 0 aromatic heterocycles. The zero-order valence-electron chi connectivity index (χ0n) is 15.5. The first kappa shape index (κ1) is 19.5. The molecule has 1 aromatic carbocycles. The summed E-state index contributed by atoms with van der Waals surface area (Å²) in [6.07, 6.45) is 2.32. The number of carbonyl (C=O) groups excluding carboxylic acids is 3. The first-order chi connectivity index (χ1) is 12.9. The predicted octanol–water partition coefficient (Wildman–Crippen LogP) is 2.35. The molecule has 8 heteroatoms. The summed E-state index contributed by atoms with van der Waals surface area (Å²) in [7, 11) is 1.61. The molecule has 2 aliphatic heterocycles. The van der Waals surface area contributed by atoms with Crippen LogP contribution in [0.2, 0.25) is 5.02 Å². The van der Waals surface area contributed by atoms with Crippen molar-refractivity contribution < 1.29 is 19.1 Å². The topological polar surface area (TPSA) is 87.7 Å². The fourth-order valence-electron chi connectivity index (χ4n) is 3.79. The van der Waals surface area contributed by atoms with Gasteiger partial charge in [0.25, 0.3) is 5.91 Å². The standard InChI is InChI=1S/C19H24ClN3O4/c1-11-9-14(20)16(27-2)10-13(11)12-5-7-23(8-6-12)17(24)4-3-15-18(25)22-19(26)21-15/h9-10,12,15H,3-8H2,1-2H3,(H2,21,22,25,26). The Hall–Kier alpha value is -2.28. The van der Waals surface area contributed by atoms with Gasteiger partial charge >= 0.3 is 6.03 Å². The highest BCUT2D eigenvalue weighted by Crippen LogP contribution is 2.36. The molecule has 1 atom stereocenters. The maximum absolute atomic E-state index is 12.4. The van der Waals surface area contributed by atoms with Crippen LogP contribution in [-0.4, -0.2) is 49.0 Å². The molecule has 3 rings (SSSR count). The van der Waals surface area contributed by atoms with E-state index in [2.05, 4.69) is 10.6 Å². The van der Waals surface area contributed by atoms with Crippen LogP contribution < -0.4 is 15.4 Å². The number of rotatable bonds is 5. The number of nitrogens with one attached hydrogen (secondary N) is 2. The van der Waals surface area contributed by atoms with Crippen molar-refractivity contribution in [1.29, 1.82) is 0 Å². The van der Waals surface area contributed by atoms with Crippen LogP contribution in [0.25, 0.3) is 0 Å². The summed E-state index contributed by atoms with van der Waals surface area (Å²) < 4.78 is 5.33. The Morgan fingerprint density at radius 2 is 2.00 bits per heavy atom. The van der Waals surface area contributed by atoms with Crippen LogP contribution in [0, 0.1) is 6.92 Å². The molecule has 0 radical (unpaired) electrons. The van der Waals surface area contributed by atoms with Gasteiger partial charge in [0.2, 0.25) is 5.91 Å². The van der Waals surface area contributed by atoms with Crippen LogP contribution in [0.4, 0.5) is 4.79 Å². The summed E-state index contributed by atoms with van der Waals surface area (Å²) in [6.45, 7) is 3.40. The van der Waals surface area contributed by atoms with Crippen molar-refractivity contribution in [1.82, 2.24) is 15.5 Å². The number of methoxy groups -OCH3 is 1. The Balaban J connectivity index is 1.53. The Morgan fingerprint density at radius 1 is 1.30 bits per heavy atom. The monoisotopic (exact) mass is 393 g/mol. The largest absolute Gasteiger partial charge is 0.495 e. The van der Waals surface area contributed by atoms with Gasteiger partial charge in [-0.2, -0.15) is 0 Å². The molecule has 27 heavy (non-hydrogen) atoms. The number of hydrogen-bond donors (Lipinski definition) is 2. The third-order valence-electron chi connectivity index (χ3n) is 5.33. The molecule has 2 fully saturated rings. The molecule has 2 heterocycles. The smallest absolute Gasteiger partial charge is 0.322 e. The number of aryl methyl sites for hydroxylation is 1. The number of urea groups is 1.